The first-order chi connectivity index (χ1) is 8.59. The van der Waals surface area contributed by atoms with E-state index in [1.165, 1.54) is 13.0 Å². The van der Waals surface area contributed by atoms with Crippen LogP contribution in [-0.4, -0.2) is 16.3 Å². The van der Waals surface area contributed by atoms with Crippen LogP contribution in [0, 0.1) is 5.82 Å². The lowest BCUT2D eigenvalue weighted by Gasteiger charge is -2.15. The number of benzene rings is 2. The maximum Gasteiger partial charge on any atom is 0.131 e. The number of halogens is 1. The van der Waals surface area contributed by atoms with Crippen molar-refractivity contribution in [3.05, 3.63) is 59.9 Å². The Labute approximate surface area is 105 Å². The first kappa shape index (κ1) is 12.7. The van der Waals surface area contributed by atoms with Gasteiger partial charge in [0, 0.05) is 5.56 Å². The smallest absolute Gasteiger partial charge is 0.131 e. The van der Waals surface area contributed by atoms with Crippen molar-refractivity contribution < 1.29 is 14.6 Å². The average Bonchev–Trinajstić information content (AvgIpc) is 2.38. The fraction of sp³-hybridized carbons (Fsp3) is 0.200. The molecule has 0 heterocycles. The Balaban J connectivity index is 2.37. The maximum atomic E-state index is 14.0. The van der Waals surface area contributed by atoms with Crippen LogP contribution in [0.5, 0.6) is 0 Å². The third-order valence-corrected chi connectivity index (χ3v) is 2.88. The van der Waals surface area contributed by atoms with E-state index in [2.05, 4.69) is 0 Å². The van der Waals surface area contributed by atoms with Crippen LogP contribution in [0.3, 0.4) is 0 Å². The lowest BCUT2D eigenvalue weighted by Crippen LogP contribution is -2.13. The molecular weight excluding hydrogens is 231 g/mol. The minimum atomic E-state index is -1.07. The van der Waals surface area contributed by atoms with E-state index in [0.29, 0.717) is 11.1 Å². The van der Waals surface area contributed by atoms with Crippen LogP contribution in [0.15, 0.2) is 48.5 Å². The Morgan fingerprint density at radius 1 is 1.00 bits per heavy atom. The van der Waals surface area contributed by atoms with Crippen LogP contribution in [0.2, 0.25) is 0 Å². The minimum absolute atomic E-state index is 0.377. The molecule has 0 bridgehead atoms. The second-order valence-corrected chi connectivity index (χ2v) is 4.29. The van der Waals surface area contributed by atoms with Crippen molar-refractivity contribution in [1.29, 1.82) is 0 Å². The summed E-state index contributed by atoms with van der Waals surface area (Å²) in [6, 6.07) is 13.7. The highest BCUT2D eigenvalue weighted by Gasteiger charge is 2.15. The predicted molar refractivity (Wildman–Crippen MR) is 68.5 cm³/mol. The van der Waals surface area contributed by atoms with Gasteiger partial charge < -0.3 is 10.2 Å². The van der Waals surface area contributed by atoms with E-state index in [-0.39, 0.29) is 0 Å². The van der Waals surface area contributed by atoms with Gasteiger partial charge in [-0.3, -0.25) is 0 Å². The van der Waals surface area contributed by atoms with Gasteiger partial charge in [-0.15, -0.1) is 0 Å². The molecule has 0 aliphatic rings. The Morgan fingerprint density at radius 3 is 2.22 bits per heavy atom. The van der Waals surface area contributed by atoms with Crippen LogP contribution in [0.4, 0.5) is 4.39 Å². The predicted octanol–water partition coefficient (Wildman–Crippen LogP) is 2.91. The van der Waals surface area contributed by atoms with E-state index in [9.17, 15) is 14.6 Å². The monoisotopic (exact) mass is 246 g/mol. The van der Waals surface area contributed by atoms with Gasteiger partial charge in [0.15, 0.2) is 0 Å². The molecule has 2 atom stereocenters. The Bertz CT molecular complexity index is 523. The van der Waals surface area contributed by atoms with E-state index < -0.39 is 18.0 Å². The molecule has 2 aromatic carbocycles. The topological polar surface area (TPSA) is 40.5 Å². The normalized spacial score (nSPS) is 14.2. The standard InChI is InChI=1S/C15H15FO2/c1-10(17)15(18)12-7-8-13(14(16)9-12)11-5-3-2-4-6-11/h2-10,15,17-18H,1H3/t10-,15+/m1/s1. The molecule has 0 unspecified atom stereocenters. The molecule has 0 aliphatic heterocycles. The fourth-order valence-electron chi connectivity index (χ4n) is 1.85. The van der Waals surface area contributed by atoms with Crippen molar-refractivity contribution in [2.24, 2.45) is 0 Å². The number of hydrogen-bond donors (Lipinski definition) is 2. The van der Waals surface area contributed by atoms with Gasteiger partial charge in [-0.05, 0) is 24.1 Å². The van der Waals surface area contributed by atoms with Crippen LogP contribution in [0.1, 0.15) is 18.6 Å². The van der Waals surface area contributed by atoms with Gasteiger partial charge in [0.2, 0.25) is 0 Å². The zero-order valence-electron chi connectivity index (χ0n) is 10.0. The van der Waals surface area contributed by atoms with Crippen LogP contribution in [-0.2, 0) is 0 Å². The molecule has 0 fully saturated rings. The molecule has 2 nitrogen and oxygen atoms in total. The van der Waals surface area contributed by atoms with Crippen molar-refractivity contribution in [1.82, 2.24) is 0 Å². The summed E-state index contributed by atoms with van der Waals surface area (Å²) >= 11 is 0. The SMILES string of the molecule is C[C@@H](O)[C@H](O)c1ccc(-c2ccccc2)c(F)c1. The zero-order chi connectivity index (χ0) is 13.1. The minimum Gasteiger partial charge on any atom is -0.390 e. The molecule has 0 spiro atoms. The Hall–Kier alpha value is -1.71. The lowest BCUT2D eigenvalue weighted by molar-refractivity contribution is 0.0304. The number of hydrogen-bond acceptors (Lipinski definition) is 2. The molecule has 18 heavy (non-hydrogen) atoms. The highest BCUT2D eigenvalue weighted by Crippen LogP contribution is 2.26. The summed E-state index contributed by atoms with van der Waals surface area (Å²) in [4.78, 5) is 0. The van der Waals surface area contributed by atoms with E-state index in [0.717, 1.165) is 5.56 Å². The molecular formula is C15H15FO2. The number of rotatable bonds is 3. The first-order valence-electron chi connectivity index (χ1n) is 5.80. The second-order valence-electron chi connectivity index (χ2n) is 4.29. The quantitative estimate of drug-likeness (QED) is 0.874. The number of aliphatic hydroxyl groups excluding tert-OH is 2. The zero-order valence-corrected chi connectivity index (χ0v) is 10.0. The third-order valence-electron chi connectivity index (χ3n) is 2.88. The van der Waals surface area contributed by atoms with Gasteiger partial charge >= 0.3 is 0 Å². The number of aliphatic hydroxyl groups is 2. The van der Waals surface area contributed by atoms with E-state index in [4.69, 9.17) is 0 Å². The van der Waals surface area contributed by atoms with Crippen LogP contribution >= 0.6 is 0 Å². The lowest BCUT2D eigenvalue weighted by atomic mass is 9.99. The highest BCUT2D eigenvalue weighted by atomic mass is 19.1. The van der Waals surface area contributed by atoms with Gasteiger partial charge in [0.1, 0.15) is 11.9 Å². The highest BCUT2D eigenvalue weighted by molar-refractivity contribution is 5.64. The third kappa shape index (κ3) is 2.58. The molecule has 0 amide bonds. The van der Waals surface area contributed by atoms with Gasteiger partial charge in [0.05, 0.1) is 6.10 Å². The van der Waals surface area contributed by atoms with Crippen molar-refractivity contribution in [3.8, 4) is 11.1 Å². The summed E-state index contributed by atoms with van der Waals surface area (Å²) in [6.45, 7) is 1.47. The maximum absolute atomic E-state index is 14.0. The molecule has 0 saturated carbocycles. The molecule has 2 rings (SSSR count). The van der Waals surface area contributed by atoms with Gasteiger partial charge in [-0.2, -0.15) is 0 Å². The molecule has 0 saturated heterocycles. The summed E-state index contributed by atoms with van der Waals surface area (Å²) in [6.07, 6.45) is -1.99. The molecule has 2 aromatic rings. The summed E-state index contributed by atoms with van der Waals surface area (Å²) in [5.41, 5.74) is 1.65. The summed E-state index contributed by atoms with van der Waals surface area (Å²) in [5.74, 6) is -0.404. The molecule has 0 radical (unpaired) electrons. The van der Waals surface area contributed by atoms with Crippen LogP contribution < -0.4 is 0 Å². The Kier molecular flexibility index (Phi) is 3.75. The van der Waals surface area contributed by atoms with Crippen molar-refractivity contribution in [2.75, 3.05) is 0 Å². The van der Waals surface area contributed by atoms with Gasteiger partial charge in [-0.1, -0.05) is 42.5 Å². The van der Waals surface area contributed by atoms with Gasteiger partial charge in [-0.25, -0.2) is 4.39 Å². The van der Waals surface area contributed by atoms with Crippen molar-refractivity contribution >= 4 is 0 Å². The molecule has 0 aliphatic carbocycles. The first-order valence-corrected chi connectivity index (χ1v) is 5.80. The van der Waals surface area contributed by atoms with Crippen molar-refractivity contribution in [2.45, 2.75) is 19.1 Å². The van der Waals surface area contributed by atoms with Crippen LogP contribution in [0.25, 0.3) is 11.1 Å². The summed E-state index contributed by atoms with van der Waals surface area (Å²) in [5, 5.41) is 18.9. The average molecular weight is 246 g/mol. The van der Waals surface area contributed by atoms with Gasteiger partial charge in [0.25, 0.3) is 0 Å². The summed E-state index contributed by atoms with van der Waals surface area (Å²) in [7, 11) is 0. The fourth-order valence-corrected chi connectivity index (χ4v) is 1.85. The Morgan fingerprint density at radius 2 is 1.67 bits per heavy atom. The molecule has 0 aromatic heterocycles. The largest absolute Gasteiger partial charge is 0.390 e. The van der Waals surface area contributed by atoms with E-state index >= 15 is 0 Å². The summed E-state index contributed by atoms with van der Waals surface area (Å²) < 4.78 is 14.0. The van der Waals surface area contributed by atoms with Crippen molar-refractivity contribution in [3.63, 3.8) is 0 Å². The van der Waals surface area contributed by atoms with E-state index in [1.54, 1.807) is 12.1 Å². The van der Waals surface area contributed by atoms with E-state index in [1.807, 2.05) is 30.3 Å². The second kappa shape index (κ2) is 5.29. The molecule has 3 heteroatoms. The molecule has 94 valence electrons. The molecule has 2 N–H and O–H groups in total.